The van der Waals surface area contributed by atoms with Gasteiger partial charge >= 0.3 is 0 Å². The molecular formula is C26H30N4O3S. The average Bonchev–Trinajstić information content (AvgIpc) is 3.43. The number of para-hydroxylation sites is 1. The van der Waals surface area contributed by atoms with Gasteiger partial charge in [-0.15, -0.1) is 0 Å². The Morgan fingerprint density at radius 3 is 2.38 bits per heavy atom. The summed E-state index contributed by atoms with van der Waals surface area (Å²) in [4.78, 5) is 17.8. The number of nitrogens with zero attached hydrogens (tertiary/aromatic N) is 4. The van der Waals surface area contributed by atoms with E-state index in [0.717, 1.165) is 16.8 Å². The summed E-state index contributed by atoms with van der Waals surface area (Å²) in [6, 6.07) is 16.1. The molecule has 34 heavy (non-hydrogen) atoms. The van der Waals surface area contributed by atoms with Crippen LogP contribution in [0.4, 0.5) is 0 Å². The van der Waals surface area contributed by atoms with E-state index in [9.17, 15) is 13.2 Å². The van der Waals surface area contributed by atoms with Crippen LogP contribution in [0.2, 0.25) is 0 Å². The molecule has 1 amide bonds. The van der Waals surface area contributed by atoms with Crippen molar-refractivity contribution in [2.45, 2.75) is 26.3 Å². The molecule has 2 aliphatic heterocycles. The zero-order valence-electron chi connectivity index (χ0n) is 19.6. The molecule has 7 nitrogen and oxygen atoms in total. The first-order valence-corrected chi connectivity index (χ1v) is 13.6. The SMILES string of the molecule is Cc1ccc(-c2nn(-c3ccccc3)cc2C(=O)N2CCN([C@@H]3CCS(=O)(=O)C3)CC2)c(C)c1. The number of hydrogen-bond acceptors (Lipinski definition) is 5. The van der Waals surface area contributed by atoms with Gasteiger partial charge in [0.1, 0.15) is 5.69 Å². The Morgan fingerprint density at radius 2 is 1.74 bits per heavy atom. The second-order valence-corrected chi connectivity index (χ2v) is 11.6. The Hall–Kier alpha value is -2.97. The predicted octanol–water partition coefficient (Wildman–Crippen LogP) is 3.10. The third-order valence-corrected chi connectivity index (χ3v) is 8.68. The van der Waals surface area contributed by atoms with Crippen LogP contribution in [0.1, 0.15) is 27.9 Å². The second-order valence-electron chi connectivity index (χ2n) is 9.37. The number of sulfone groups is 1. The van der Waals surface area contributed by atoms with Crippen molar-refractivity contribution in [2.24, 2.45) is 0 Å². The molecule has 2 aromatic carbocycles. The topological polar surface area (TPSA) is 75.5 Å². The fourth-order valence-electron chi connectivity index (χ4n) is 5.05. The summed E-state index contributed by atoms with van der Waals surface area (Å²) in [5.74, 6) is 0.479. The van der Waals surface area contributed by atoms with Crippen LogP contribution < -0.4 is 0 Å². The zero-order chi connectivity index (χ0) is 23.9. The van der Waals surface area contributed by atoms with Gasteiger partial charge in [0.15, 0.2) is 9.84 Å². The maximum atomic E-state index is 13.7. The predicted molar refractivity (Wildman–Crippen MR) is 133 cm³/mol. The number of carbonyl (C=O) groups excluding carboxylic acids is 1. The normalized spacial score (nSPS) is 20.5. The second kappa shape index (κ2) is 9.00. The van der Waals surface area contributed by atoms with Gasteiger partial charge in [-0.25, -0.2) is 13.1 Å². The molecule has 5 rings (SSSR count). The summed E-state index contributed by atoms with van der Waals surface area (Å²) in [6.07, 6.45) is 2.53. The number of amides is 1. The van der Waals surface area contributed by atoms with Gasteiger partial charge in [0.25, 0.3) is 5.91 Å². The van der Waals surface area contributed by atoms with E-state index >= 15 is 0 Å². The lowest BCUT2D eigenvalue weighted by Crippen LogP contribution is -2.52. The van der Waals surface area contributed by atoms with Crippen LogP contribution in [0.25, 0.3) is 16.9 Å². The Bertz CT molecular complexity index is 1310. The fourth-order valence-corrected chi connectivity index (χ4v) is 6.81. The van der Waals surface area contributed by atoms with Crippen molar-refractivity contribution in [3.05, 3.63) is 71.4 Å². The van der Waals surface area contributed by atoms with E-state index in [-0.39, 0.29) is 23.5 Å². The molecule has 178 valence electrons. The fraction of sp³-hybridized carbons (Fsp3) is 0.385. The van der Waals surface area contributed by atoms with Crippen molar-refractivity contribution in [3.8, 4) is 16.9 Å². The van der Waals surface area contributed by atoms with Crippen LogP contribution in [-0.2, 0) is 9.84 Å². The monoisotopic (exact) mass is 478 g/mol. The maximum Gasteiger partial charge on any atom is 0.257 e. The highest BCUT2D eigenvalue weighted by Crippen LogP contribution is 2.29. The third-order valence-electron chi connectivity index (χ3n) is 6.93. The van der Waals surface area contributed by atoms with Crippen molar-refractivity contribution in [2.75, 3.05) is 37.7 Å². The van der Waals surface area contributed by atoms with Crippen LogP contribution in [-0.4, -0.2) is 77.6 Å². The van der Waals surface area contributed by atoms with Gasteiger partial charge < -0.3 is 4.90 Å². The molecule has 0 radical (unpaired) electrons. The lowest BCUT2D eigenvalue weighted by Gasteiger charge is -2.37. The van der Waals surface area contributed by atoms with E-state index in [0.29, 0.717) is 43.9 Å². The number of benzene rings is 2. The molecule has 3 heterocycles. The summed E-state index contributed by atoms with van der Waals surface area (Å²) in [6.45, 7) is 6.65. The molecule has 1 atom stereocenters. The minimum Gasteiger partial charge on any atom is -0.336 e. The van der Waals surface area contributed by atoms with Gasteiger partial charge in [-0.1, -0.05) is 42.0 Å². The average molecular weight is 479 g/mol. The van der Waals surface area contributed by atoms with Crippen molar-refractivity contribution >= 4 is 15.7 Å². The Balaban J connectivity index is 1.42. The summed E-state index contributed by atoms with van der Waals surface area (Å²) in [7, 11) is -2.92. The Morgan fingerprint density at radius 1 is 1.00 bits per heavy atom. The highest BCUT2D eigenvalue weighted by Gasteiger charge is 2.35. The highest BCUT2D eigenvalue weighted by molar-refractivity contribution is 7.91. The van der Waals surface area contributed by atoms with Crippen LogP contribution in [0, 0.1) is 13.8 Å². The summed E-state index contributed by atoms with van der Waals surface area (Å²) < 4.78 is 25.5. The lowest BCUT2D eigenvalue weighted by molar-refractivity contribution is 0.0588. The largest absolute Gasteiger partial charge is 0.336 e. The molecule has 0 aliphatic carbocycles. The lowest BCUT2D eigenvalue weighted by atomic mass is 10.00. The van der Waals surface area contributed by atoms with E-state index in [1.54, 1.807) is 4.68 Å². The van der Waals surface area contributed by atoms with Crippen LogP contribution >= 0.6 is 0 Å². The maximum absolute atomic E-state index is 13.7. The van der Waals surface area contributed by atoms with Crippen molar-refractivity contribution in [3.63, 3.8) is 0 Å². The zero-order valence-corrected chi connectivity index (χ0v) is 20.5. The smallest absolute Gasteiger partial charge is 0.257 e. The van der Waals surface area contributed by atoms with E-state index in [4.69, 9.17) is 5.10 Å². The van der Waals surface area contributed by atoms with Gasteiger partial charge in [0.2, 0.25) is 0 Å². The first kappa shape index (κ1) is 22.8. The first-order valence-electron chi connectivity index (χ1n) is 11.8. The molecular weight excluding hydrogens is 448 g/mol. The number of hydrogen-bond donors (Lipinski definition) is 0. The molecule has 8 heteroatoms. The van der Waals surface area contributed by atoms with Crippen LogP contribution in [0.5, 0.6) is 0 Å². The number of aromatic nitrogens is 2. The van der Waals surface area contributed by atoms with Gasteiger partial charge in [-0.2, -0.15) is 5.10 Å². The molecule has 0 saturated carbocycles. The van der Waals surface area contributed by atoms with Gasteiger partial charge in [0, 0.05) is 44.0 Å². The quantitative estimate of drug-likeness (QED) is 0.576. The summed E-state index contributed by atoms with van der Waals surface area (Å²) in [5.41, 5.74) is 5.39. The van der Waals surface area contributed by atoms with Crippen molar-refractivity contribution in [1.29, 1.82) is 0 Å². The van der Waals surface area contributed by atoms with Crippen molar-refractivity contribution in [1.82, 2.24) is 19.6 Å². The Kier molecular flexibility index (Phi) is 6.04. The summed E-state index contributed by atoms with van der Waals surface area (Å²) in [5, 5.41) is 4.84. The number of rotatable bonds is 4. The molecule has 3 aromatic rings. The van der Waals surface area contributed by atoms with E-state index < -0.39 is 9.84 Å². The Labute approximate surface area is 200 Å². The number of piperazine rings is 1. The molecule has 2 aliphatic rings. The molecule has 0 bridgehead atoms. The molecule has 0 N–H and O–H groups in total. The van der Waals surface area contributed by atoms with Crippen molar-refractivity contribution < 1.29 is 13.2 Å². The van der Waals surface area contributed by atoms with Gasteiger partial charge in [-0.3, -0.25) is 9.69 Å². The molecule has 0 spiro atoms. The van der Waals surface area contributed by atoms with E-state index in [1.807, 2.05) is 60.5 Å². The van der Waals surface area contributed by atoms with Crippen LogP contribution in [0.3, 0.4) is 0 Å². The van der Waals surface area contributed by atoms with Gasteiger partial charge in [-0.05, 0) is 38.0 Å². The molecule has 2 fully saturated rings. The van der Waals surface area contributed by atoms with Crippen LogP contribution in [0.15, 0.2) is 54.7 Å². The molecule has 1 aromatic heterocycles. The van der Waals surface area contributed by atoms with E-state index in [2.05, 4.69) is 17.9 Å². The summed E-state index contributed by atoms with van der Waals surface area (Å²) >= 11 is 0. The standard InChI is InChI=1S/C26H30N4O3S/c1-19-8-9-23(20(2)16-19)25-24(17-30(27-25)21-6-4-3-5-7-21)26(31)29-13-11-28(12-14-29)22-10-15-34(32,33)18-22/h3-9,16-17,22H,10-15,18H2,1-2H3/t22-/m1/s1. The minimum absolute atomic E-state index is 0.0316. The van der Waals surface area contributed by atoms with E-state index in [1.165, 1.54) is 5.56 Å². The highest BCUT2D eigenvalue weighted by atomic mass is 32.2. The number of carbonyl (C=O) groups is 1. The minimum atomic E-state index is -2.92. The molecule has 2 saturated heterocycles. The van der Waals surface area contributed by atoms with Gasteiger partial charge in [0.05, 0.1) is 22.8 Å². The third kappa shape index (κ3) is 4.52. The number of aryl methyl sites for hydroxylation is 2. The first-order chi connectivity index (χ1) is 16.3. The molecule has 0 unspecified atom stereocenters.